The van der Waals surface area contributed by atoms with Gasteiger partial charge in [-0.2, -0.15) is 0 Å². The lowest BCUT2D eigenvalue weighted by molar-refractivity contribution is -0.138. The van der Waals surface area contributed by atoms with Crippen molar-refractivity contribution in [1.82, 2.24) is 0 Å². The first-order valence-electron chi connectivity index (χ1n) is 11.0. The van der Waals surface area contributed by atoms with Gasteiger partial charge in [0.15, 0.2) is 0 Å². The number of carbonyl (C=O) groups is 1. The second kappa shape index (κ2) is 12.3. The third-order valence-corrected chi connectivity index (χ3v) is 5.03. The Morgan fingerprint density at radius 2 is 1.48 bits per heavy atom. The van der Waals surface area contributed by atoms with E-state index in [1.54, 1.807) is 13.2 Å². The zero-order chi connectivity index (χ0) is 23.5. The SMILES string of the molecule is COc1ccc(/C=C\C(=O)OCc2ccccc2)c(OCc2ccccc2)c1CC=C(C)C. The molecule has 33 heavy (non-hydrogen) atoms. The molecule has 0 saturated carbocycles. The third kappa shape index (κ3) is 7.39. The van der Waals surface area contributed by atoms with E-state index < -0.39 is 5.97 Å². The smallest absolute Gasteiger partial charge is 0.331 e. The Kier molecular flexibility index (Phi) is 8.89. The summed E-state index contributed by atoms with van der Waals surface area (Å²) in [6, 6.07) is 23.4. The molecule has 0 aliphatic rings. The van der Waals surface area contributed by atoms with Crippen LogP contribution in [-0.2, 0) is 29.2 Å². The molecule has 4 heteroatoms. The molecule has 3 aromatic rings. The van der Waals surface area contributed by atoms with Crippen LogP contribution >= 0.6 is 0 Å². The number of methoxy groups -OCH3 is 1. The Bertz CT molecular complexity index is 1100. The molecule has 3 aromatic carbocycles. The number of allylic oxidation sites excluding steroid dienone is 2. The summed E-state index contributed by atoms with van der Waals surface area (Å²) in [6.45, 7) is 4.76. The van der Waals surface area contributed by atoms with Gasteiger partial charge >= 0.3 is 5.97 Å². The van der Waals surface area contributed by atoms with E-state index in [4.69, 9.17) is 14.2 Å². The third-order valence-electron chi connectivity index (χ3n) is 5.03. The standard InChI is InChI=1S/C29H30O4/c1-22(2)14-17-26-27(31-3)18-15-25(29(26)33-21-24-12-8-5-9-13-24)16-19-28(30)32-20-23-10-6-4-7-11-23/h4-16,18-19H,17,20-21H2,1-3H3/b19-16-. The predicted octanol–water partition coefficient (Wildman–Crippen LogP) is 6.54. The monoisotopic (exact) mass is 442 g/mol. The van der Waals surface area contributed by atoms with E-state index in [2.05, 4.69) is 19.9 Å². The largest absolute Gasteiger partial charge is 0.496 e. The molecule has 0 saturated heterocycles. The van der Waals surface area contributed by atoms with Crippen molar-refractivity contribution in [2.45, 2.75) is 33.5 Å². The highest BCUT2D eigenvalue weighted by molar-refractivity contribution is 5.87. The van der Waals surface area contributed by atoms with Gasteiger partial charge in [0.25, 0.3) is 0 Å². The molecule has 0 atom stereocenters. The van der Waals surface area contributed by atoms with Crippen LogP contribution < -0.4 is 9.47 Å². The molecule has 0 radical (unpaired) electrons. The van der Waals surface area contributed by atoms with Gasteiger partial charge in [-0.15, -0.1) is 0 Å². The molecule has 0 unspecified atom stereocenters. The number of rotatable bonds is 10. The summed E-state index contributed by atoms with van der Waals surface area (Å²) in [5.74, 6) is 1.04. The second-order valence-electron chi connectivity index (χ2n) is 7.85. The van der Waals surface area contributed by atoms with Gasteiger partial charge in [0.1, 0.15) is 24.7 Å². The molecule has 0 aliphatic carbocycles. The number of carbonyl (C=O) groups excluding carboxylic acids is 1. The summed E-state index contributed by atoms with van der Waals surface area (Å²) in [6.07, 6.45) is 5.97. The van der Waals surface area contributed by atoms with Gasteiger partial charge in [0.05, 0.1) is 7.11 Å². The van der Waals surface area contributed by atoms with Crippen LogP contribution in [0.3, 0.4) is 0 Å². The van der Waals surface area contributed by atoms with Gasteiger partial charge in [-0.3, -0.25) is 0 Å². The van der Waals surface area contributed by atoms with E-state index in [0.717, 1.165) is 28.0 Å². The maximum atomic E-state index is 12.3. The topological polar surface area (TPSA) is 44.8 Å². The molecule has 4 nitrogen and oxygen atoms in total. The molecule has 0 amide bonds. The fourth-order valence-electron chi connectivity index (χ4n) is 3.28. The number of hydrogen-bond donors (Lipinski definition) is 0. The Balaban J connectivity index is 1.84. The van der Waals surface area contributed by atoms with Crippen molar-refractivity contribution in [1.29, 1.82) is 0 Å². The maximum Gasteiger partial charge on any atom is 0.331 e. The zero-order valence-corrected chi connectivity index (χ0v) is 19.4. The molecule has 0 N–H and O–H groups in total. The normalized spacial score (nSPS) is 10.6. The number of hydrogen-bond acceptors (Lipinski definition) is 4. The fourth-order valence-corrected chi connectivity index (χ4v) is 3.28. The molecule has 0 spiro atoms. The summed E-state index contributed by atoms with van der Waals surface area (Å²) in [7, 11) is 1.65. The highest BCUT2D eigenvalue weighted by Crippen LogP contribution is 2.35. The minimum Gasteiger partial charge on any atom is -0.496 e. The van der Waals surface area contributed by atoms with Crippen LogP contribution in [0.2, 0.25) is 0 Å². The first-order chi connectivity index (χ1) is 16.1. The molecule has 0 aliphatic heterocycles. The molecular formula is C29H30O4. The van der Waals surface area contributed by atoms with E-state index in [-0.39, 0.29) is 6.61 Å². The summed E-state index contributed by atoms with van der Waals surface area (Å²) in [4.78, 5) is 12.3. The van der Waals surface area contributed by atoms with Crippen molar-refractivity contribution in [2.24, 2.45) is 0 Å². The summed E-state index contributed by atoms with van der Waals surface area (Å²) >= 11 is 0. The average Bonchev–Trinajstić information content (AvgIpc) is 2.85. The predicted molar refractivity (Wildman–Crippen MR) is 132 cm³/mol. The minimum atomic E-state index is -0.408. The lowest BCUT2D eigenvalue weighted by Crippen LogP contribution is -2.03. The lowest BCUT2D eigenvalue weighted by Gasteiger charge is -2.17. The number of esters is 1. The summed E-state index contributed by atoms with van der Waals surface area (Å²) < 4.78 is 17.3. The van der Waals surface area contributed by atoms with Gasteiger partial charge in [0, 0.05) is 17.2 Å². The highest BCUT2D eigenvalue weighted by atomic mass is 16.5. The van der Waals surface area contributed by atoms with Crippen LogP contribution in [0.15, 0.2) is 90.5 Å². The maximum absolute atomic E-state index is 12.3. The average molecular weight is 443 g/mol. The molecular weight excluding hydrogens is 412 g/mol. The van der Waals surface area contributed by atoms with E-state index in [9.17, 15) is 4.79 Å². The quantitative estimate of drug-likeness (QED) is 0.203. The van der Waals surface area contributed by atoms with Crippen molar-refractivity contribution in [3.05, 3.63) is 113 Å². The van der Waals surface area contributed by atoms with Crippen molar-refractivity contribution in [3.63, 3.8) is 0 Å². The van der Waals surface area contributed by atoms with E-state index in [1.807, 2.05) is 72.8 Å². The van der Waals surface area contributed by atoms with Gasteiger partial charge in [-0.1, -0.05) is 72.3 Å². The highest BCUT2D eigenvalue weighted by Gasteiger charge is 2.14. The molecule has 0 aromatic heterocycles. The number of ether oxygens (including phenoxy) is 3. The van der Waals surface area contributed by atoms with Crippen molar-refractivity contribution >= 4 is 12.0 Å². The van der Waals surface area contributed by atoms with Crippen LogP contribution in [0.25, 0.3) is 6.08 Å². The van der Waals surface area contributed by atoms with Crippen LogP contribution in [0.4, 0.5) is 0 Å². The Hall–Kier alpha value is -3.79. The van der Waals surface area contributed by atoms with Crippen LogP contribution in [0.5, 0.6) is 11.5 Å². The van der Waals surface area contributed by atoms with Gasteiger partial charge in [-0.25, -0.2) is 4.79 Å². The summed E-state index contributed by atoms with van der Waals surface area (Å²) in [5.41, 5.74) is 4.94. The van der Waals surface area contributed by atoms with Crippen molar-refractivity contribution < 1.29 is 19.0 Å². The van der Waals surface area contributed by atoms with E-state index >= 15 is 0 Å². The lowest BCUT2D eigenvalue weighted by atomic mass is 10.0. The molecule has 3 rings (SSSR count). The first kappa shape index (κ1) is 23.9. The molecule has 0 bridgehead atoms. The molecule has 0 fully saturated rings. The van der Waals surface area contributed by atoms with Crippen molar-refractivity contribution in [3.8, 4) is 11.5 Å². The van der Waals surface area contributed by atoms with Crippen molar-refractivity contribution in [2.75, 3.05) is 7.11 Å². The first-order valence-corrected chi connectivity index (χ1v) is 11.0. The summed E-state index contributed by atoms with van der Waals surface area (Å²) in [5, 5.41) is 0. The van der Waals surface area contributed by atoms with E-state index in [0.29, 0.717) is 18.8 Å². The fraction of sp³-hybridized carbons (Fsp3) is 0.207. The van der Waals surface area contributed by atoms with E-state index in [1.165, 1.54) is 11.6 Å². The van der Waals surface area contributed by atoms with Gasteiger partial charge in [0.2, 0.25) is 0 Å². The molecule has 0 heterocycles. The van der Waals surface area contributed by atoms with Gasteiger partial charge < -0.3 is 14.2 Å². The minimum absolute atomic E-state index is 0.232. The molecule has 170 valence electrons. The second-order valence-corrected chi connectivity index (χ2v) is 7.85. The van der Waals surface area contributed by atoms with Crippen LogP contribution in [0, 0.1) is 0 Å². The zero-order valence-electron chi connectivity index (χ0n) is 19.4. The Morgan fingerprint density at radius 3 is 2.09 bits per heavy atom. The Morgan fingerprint density at radius 1 is 0.848 bits per heavy atom. The number of benzene rings is 3. The van der Waals surface area contributed by atoms with Crippen LogP contribution in [-0.4, -0.2) is 13.1 Å². The van der Waals surface area contributed by atoms with Crippen LogP contribution in [0.1, 0.15) is 36.1 Å². The van der Waals surface area contributed by atoms with Gasteiger partial charge in [-0.05, 0) is 49.6 Å². The Labute approximate surface area is 196 Å².